The fourth-order valence-electron chi connectivity index (χ4n) is 1.28. The van der Waals surface area contributed by atoms with E-state index in [2.05, 4.69) is 9.71 Å². The van der Waals surface area contributed by atoms with Gasteiger partial charge < -0.3 is 14.4 Å². The van der Waals surface area contributed by atoms with Crippen LogP contribution in [0, 0.1) is 6.92 Å². The van der Waals surface area contributed by atoms with Crippen molar-refractivity contribution in [1.82, 2.24) is 14.3 Å². The number of aliphatic hydroxyl groups is 1. The van der Waals surface area contributed by atoms with E-state index in [1.54, 1.807) is 18.5 Å². The SMILES string of the molecule is Cc1nc(S(=O)(=O)NCCCOCCO)cn1C. The van der Waals surface area contributed by atoms with Crippen LogP contribution in [0.15, 0.2) is 11.2 Å². The average molecular weight is 277 g/mol. The van der Waals surface area contributed by atoms with E-state index in [4.69, 9.17) is 9.84 Å². The summed E-state index contributed by atoms with van der Waals surface area (Å²) in [4.78, 5) is 3.96. The lowest BCUT2D eigenvalue weighted by molar-refractivity contribution is 0.0913. The molecule has 1 aromatic heterocycles. The molecule has 0 aliphatic rings. The van der Waals surface area contributed by atoms with Crippen LogP contribution in [-0.2, 0) is 21.8 Å². The minimum atomic E-state index is -3.54. The highest BCUT2D eigenvalue weighted by Crippen LogP contribution is 2.07. The Labute approximate surface area is 107 Å². The topological polar surface area (TPSA) is 93.5 Å². The van der Waals surface area contributed by atoms with Gasteiger partial charge in [-0.2, -0.15) is 0 Å². The Balaban J connectivity index is 2.41. The molecule has 1 heterocycles. The summed E-state index contributed by atoms with van der Waals surface area (Å²) in [6.07, 6.45) is 2.02. The Morgan fingerprint density at radius 3 is 2.78 bits per heavy atom. The zero-order chi connectivity index (χ0) is 13.6. The van der Waals surface area contributed by atoms with Crippen molar-refractivity contribution in [2.45, 2.75) is 18.4 Å². The summed E-state index contributed by atoms with van der Waals surface area (Å²) in [5.41, 5.74) is 0. The lowest BCUT2D eigenvalue weighted by atomic mass is 10.5. The van der Waals surface area contributed by atoms with Crippen molar-refractivity contribution in [3.05, 3.63) is 12.0 Å². The van der Waals surface area contributed by atoms with Crippen LogP contribution >= 0.6 is 0 Å². The summed E-state index contributed by atoms with van der Waals surface area (Å²) in [7, 11) is -1.80. The Morgan fingerprint density at radius 2 is 2.22 bits per heavy atom. The smallest absolute Gasteiger partial charge is 0.259 e. The first kappa shape index (κ1) is 15.1. The van der Waals surface area contributed by atoms with Gasteiger partial charge in [0.2, 0.25) is 0 Å². The van der Waals surface area contributed by atoms with Crippen molar-refractivity contribution in [2.24, 2.45) is 7.05 Å². The van der Waals surface area contributed by atoms with Crippen molar-refractivity contribution in [3.8, 4) is 0 Å². The quantitative estimate of drug-likeness (QED) is 0.619. The molecule has 0 aromatic carbocycles. The summed E-state index contributed by atoms with van der Waals surface area (Å²) >= 11 is 0. The van der Waals surface area contributed by atoms with Gasteiger partial charge in [-0.1, -0.05) is 0 Å². The lowest BCUT2D eigenvalue weighted by Gasteiger charge is -2.04. The maximum absolute atomic E-state index is 11.8. The third-order valence-corrected chi connectivity index (χ3v) is 3.69. The van der Waals surface area contributed by atoms with Crippen molar-refractivity contribution in [3.63, 3.8) is 0 Å². The van der Waals surface area contributed by atoms with Gasteiger partial charge in [0.25, 0.3) is 10.0 Å². The van der Waals surface area contributed by atoms with Gasteiger partial charge in [0.15, 0.2) is 5.03 Å². The van der Waals surface area contributed by atoms with Gasteiger partial charge in [-0.15, -0.1) is 0 Å². The number of aromatic nitrogens is 2. The number of hydrogen-bond donors (Lipinski definition) is 2. The first-order chi connectivity index (χ1) is 8.47. The van der Waals surface area contributed by atoms with Crippen molar-refractivity contribution < 1.29 is 18.3 Å². The van der Waals surface area contributed by atoms with E-state index in [0.717, 1.165) is 0 Å². The minimum Gasteiger partial charge on any atom is -0.394 e. The molecular formula is C10H19N3O4S. The number of aryl methyl sites for hydroxylation is 2. The number of hydrogen-bond acceptors (Lipinski definition) is 5. The highest BCUT2D eigenvalue weighted by molar-refractivity contribution is 7.89. The zero-order valence-electron chi connectivity index (χ0n) is 10.6. The Kier molecular flexibility index (Phi) is 5.73. The molecule has 1 rings (SSSR count). The van der Waals surface area contributed by atoms with Crippen LogP contribution in [0.5, 0.6) is 0 Å². The molecular weight excluding hydrogens is 258 g/mol. The Bertz CT molecular complexity index is 450. The largest absolute Gasteiger partial charge is 0.394 e. The van der Waals surface area contributed by atoms with E-state index in [9.17, 15) is 8.42 Å². The van der Waals surface area contributed by atoms with Gasteiger partial charge in [-0.05, 0) is 13.3 Å². The monoisotopic (exact) mass is 277 g/mol. The normalized spacial score (nSPS) is 11.9. The second kappa shape index (κ2) is 6.83. The predicted molar refractivity (Wildman–Crippen MR) is 65.7 cm³/mol. The number of aliphatic hydroxyl groups excluding tert-OH is 1. The number of imidazole rings is 1. The molecule has 1 aromatic rings. The second-order valence-corrected chi connectivity index (χ2v) is 5.54. The van der Waals surface area contributed by atoms with E-state index in [-0.39, 0.29) is 24.8 Å². The molecule has 0 amide bonds. The van der Waals surface area contributed by atoms with E-state index in [1.807, 2.05) is 0 Å². The molecule has 0 fully saturated rings. The number of sulfonamides is 1. The predicted octanol–water partition coefficient (Wildman–Crippen LogP) is -0.594. The minimum absolute atomic E-state index is 0.0266. The first-order valence-corrected chi connectivity index (χ1v) is 7.14. The van der Waals surface area contributed by atoms with Gasteiger partial charge in [-0.3, -0.25) is 0 Å². The van der Waals surface area contributed by atoms with Gasteiger partial charge in [0.1, 0.15) is 5.82 Å². The third kappa shape index (κ3) is 4.37. The molecule has 8 heteroatoms. The van der Waals surface area contributed by atoms with Gasteiger partial charge in [0, 0.05) is 26.4 Å². The van der Waals surface area contributed by atoms with Crippen LogP contribution in [0.2, 0.25) is 0 Å². The number of ether oxygens (including phenoxy) is 1. The molecule has 0 saturated heterocycles. The van der Waals surface area contributed by atoms with Crippen molar-refractivity contribution in [2.75, 3.05) is 26.4 Å². The molecule has 7 nitrogen and oxygen atoms in total. The highest BCUT2D eigenvalue weighted by atomic mass is 32.2. The highest BCUT2D eigenvalue weighted by Gasteiger charge is 2.17. The lowest BCUT2D eigenvalue weighted by Crippen LogP contribution is -2.26. The van der Waals surface area contributed by atoms with E-state index in [0.29, 0.717) is 18.9 Å². The summed E-state index contributed by atoms with van der Waals surface area (Å²) in [5.74, 6) is 0.640. The molecule has 0 aliphatic heterocycles. The molecule has 2 N–H and O–H groups in total. The van der Waals surface area contributed by atoms with Gasteiger partial charge in [0.05, 0.1) is 13.2 Å². The molecule has 18 heavy (non-hydrogen) atoms. The molecule has 0 radical (unpaired) electrons. The van der Waals surface area contributed by atoms with Crippen molar-refractivity contribution in [1.29, 1.82) is 0 Å². The molecule has 0 atom stereocenters. The zero-order valence-corrected chi connectivity index (χ0v) is 11.4. The van der Waals surface area contributed by atoms with Crippen molar-refractivity contribution >= 4 is 10.0 Å². The van der Waals surface area contributed by atoms with Crippen LogP contribution in [-0.4, -0.2) is 49.4 Å². The average Bonchev–Trinajstić information content (AvgIpc) is 2.65. The van der Waals surface area contributed by atoms with Crippen LogP contribution < -0.4 is 4.72 Å². The summed E-state index contributed by atoms with van der Waals surface area (Å²) in [6.45, 7) is 2.67. The van der Waals surface area contributed by atoms with Gasteiger partial charge >= 0.3 is 0 Å². The number of nitrogens with one attached hydrogen (secondary N) is 1. The fraction of sp³-hybridized carbons (Fsp3) is 0.700. The molecule has 0 spiro atoms. The summed E-state index contributed by atoms with van der Waals surface area (Å²) in [5, 5.41) is 8.51. The maximum Gasteiger partial charge on any atom is 0.259 e. The van der Waals surface area contributed by atoms with Crippen LogP contribution in [0.4, 0.5) is 0 Å². The molecule has 0 bridgehead atoms. The summed E-state index contributed by atoms with van der Waals surface area (Å²) in [6, 6.07) is 0. The standard InChI is InChI=1S/C10H19N3O4S/c1-9-12-10(8-13(9)2)18(15,16)11-4-3-6-17-7-5-14/h8,11,14H,3-7H2,1-2H3. The van der Waals surface area contributed by atoms with E-state index in [1.165, 1.54) is 6.20 Å². The fourth-order valence-corrected chi connectivity index (χ4v) is 2.39. The van der Waals surface area contributed by atoms with Crippen LogP contribution in [0.1, 0.15) is 12.2 Å². The maximum atomic E-state index is 11.8. The third-order valence-electron chi connectivity index (χ3n) is 2.36. The molecule has 104 valence electrons. The first-order valence-electron chi connectivity index (χ1n) is 5.65. The molecule has 0 unspecified atom stereocenters. The Hall–Kier alpha value is -0.960. The van der Waals surface area contributed by atoms with E-state index < -0.39 is 10.0 Å². The molecule has 0 aliphatic carbocycles. The van der Waals surface area contributed by atoms with E-state index >= 15 is 0 Å². The Morgan fingerprint density at radius 1 is 1.50 bits per heavy atom. The van der Waals surface area contributed by atoms with Crippen LogP contribution in [0.25, 0.3) is 0 Å². The number of rotatable bonds is 8. The van der Waals surface area contributed by atoms with Crippen LogP contribution in [0.3, 0.4) is 0 Å². The second-order valence-electron chi connectivity index (χ2n) is 3.82. The summed E-state index contributed by atoms with van der Waals surface area (Å²) < 4.78 is 32.8. The number of nitrogens with zero attached hydrogens (tertiary/aromatic N) is 2. The van der Waals surface area contributed by atoms with Gasteiger partial charge in [-0.25, -0.2) is 18.1 Å². The molecule has 0 saturated carbocycles.